The van der Waals surface area contributed by atoms with E-state index in [9.17, 15) is 9.59 Å². The van der Waals surface area contributed by atoms with Crippen LogP contribution < -0.4 is 5.32 Å². The van der Waals surface area contributed by atoms with Gasteiger partial charge in [-0.2, -0.15) is 0 Å². The molecule has 0 spiro atoms. The summed E-state index contributed by atoms with van der Waals surface area (Å²) < 4.78 is 0. The van der Waals surface area contributed by atoms with E-state index in [1.165, 1.54) is 6.08 Å². The SMILES string of the molecule is O=C(/C=C/c1ccccc1)N[C@@H](CC1CC1)C(=O)O. The molecular formula is C15H17NO3. The lowest BCUT2D eigenvalue weighted by Gasteiger charge is -2.12. The Morgan fingerprint density at radius 1 is 1.32 bits per heavy atom. The molecule has 1 aromatic rings. The molecule has 1 aliphatic rings. The van der Waals surface area contributed by atoms with Gasteiger partial charge < -0.3 is 10.4 Å². The van der Waals surface area contributed by atoms with Gasteiger partial charge in [-0.3, -0.25) is 4.79 Å². The molecule has 2 N–H and O–H groups in total. The van der Waals surface area contributed by atoms with Gasteiger partial charge in [0.05, 0.1) is 0 Å². The molecule has 1 fully saturated rings. The van der Waals surface area contributed by atoms with Crippen LogP contribution in [-0.4, -0.2) is 23.0 Å². The van der Waals surface area contributed by atoms with E-state index in [1.807, 2.05) is 30.3 Å². The highest BCUT2D eigenvalue weighted by molar-refractivity contribution is 5.94. The van der Waals surface area contributed by atoms with E-state index >= 15 is 0 Å². The first-order chi connectivity index (χ1) is 9.15. The van der Waals surface area contributed by atoms with Crippen molar-refractivity contribution in [2.24, 2.45) is 5.92 Å². The standard InChI is InChI=1S/C15H17NO3/c17-14(9-8-11-4-2-1-3-5-11)16-13(15(18)19)10-12-6-7-12/h1-5,8-9,12-13H,6-7,10H2,(H,16,17)(H,18,19)/b9-8+/t13-/m0/s1. The summed E-state index contributed by atoms with van der Waals surface area (Å²) in [6.07, 6.45) is 5.71. The summed E-state index contributed by atoms with van der Waals surface area (Å²) >= 11 is 0. The van der Waals surface area contributed by atoms with Crippen molar-refractivity contribution < 1.29 is 14.7 Å². The second-order valence-electron chi connectivity index (χ2n) is 4.82. The molecule has 1 atom stereocenters. The number of carboxylic acid groups (broad SMARTS) is 1. The topological polar surface area (TPSA) is 66.4 Å². The van der Waals surface area contributed by atoms with Gasteiger partial charge in [-0.1, -0.05) is 43.2 Å². The third kappa shape index (κ3) is 4.58. The van der Waals surface area contributed by atoms with Gasteiger partial charge in [-0.15, -0.1) is 0 Å². The highest BCUT2D eigenvalue weighted by Gasteiger charge is 2.29. The number of hydrogen-bond donors (Lipinski definition) is 2. The molecule has 0 unspecified atom stereocenters. The van der Waals surface area contributed by atoms with Crippen LogP contribution in [0.2, 0.25) is 0 Å². The second-order valence-corrected chi connectivity index (χ2v) is 4.82. The number of carboxylic acids is 1. The zero-order chi connectivity index (χ0) is 13.7. The fraction of sp³-hybridized carbons (Fsp3) is 0.333. The fourth-order valence-corrected chi connectivity index (χ4v) is 1.86. The predicted molar refractivity (Wildman–Crippen MR) is 72.4 cm³/mol. The van der Waals surface area contributed by atoms with Crippen LogP contribution in [0.1, 0.15) is 24.8 Å². The molecule has 0 heterocycles. The van der Waals surface area contributed by atoms with Gasteiger partial charge in [0.2, 0.25) is 5.91 Å². The summed E-state index contributed by atoms with van der Waals surface area (Å²) in [5.41, 5.74) is 0.909. The average molecular weight is 259 g/mol. The van der Waals surface area contributed by atoms with Crippen molar-refractivity contribution in [1.82, 2.24) is 5.32 Å². The minimum atomic E-state index is -0.964. The Morgan fingerprint density at radius 2 is 2.00 bits per heavy atom. The third-order valence-corrected chi connectivity index (χ3v) is 3.11. The van der Waals surface area contributed by atoms with Gasteiger partial charge in [-0.05, 0) is 24.0 Å². The minimum Gasteiger partial charge on any atom is -0.480 e. The lowest BCUT2D eigenvalue weighted by atomic mass is 10.1. The van der Waals surface area contributed by atoms with Crippen molar-refractivity contribution in [3.63, 3.8) is 0 Å². The lowest BCUT2D eigenvalue weighted by Crippen LogP contribution is -2.40. The third-order valence-electron chi connectivity index (χ3n) is 3.11. The van der Waals surface area contributed by atoms with Crippen LogP contribution in [0.25, 0.3) is 6.08 Å². The van der Waals surface area contributed by atoms with E-state index in [1.54, 1.807) is 6.08 Å². The van der Waals surface area contributed by atoms with Crippen molar-refractivity contribution in [1.29, 1.82) is 0 Å². The summed E-state index contributed by atoms with van der Waals surface area (Å²) in [5, 5.41) is 11.6. The molecule has 2 rings (SSSR count). The van der Waals surface area contributed by atoms with E-state index in [4.69, 9.17) is 5.11 Å². The van der Waals surface area contributed by atoms with Gasteiger partial charge >= 0.3 is 5.97 Å². The number of carbonyl (C=O) groups excluding carboxylic acids is 1. The fourth-order valence-electron chi connectivity index (χ4n) is 1.86. The van der Waals surface area contributed by atoms with E-state index in [-0.39, 0.29) is 5.91 Å². The first-order valence-electron chi connectivity index (χ1n) is 6.41. The lowest BCUT2D eigenvalue weighted by molar-refractivity contribution is -0.141. The normalized spacial score (nSPS) is 16.2. The summed E-state index contributed by atoms with van der Waals surface area (Å²) in [6.45, 7) is 0. The molecule has 0 aromatic heterocycles. The molecule has 1 aliphatic carbocycles. The van der Waals surface area contributed by atoms with Gasteiger partial charge in [0.1, 0.15) is 6.04 Å². The maximum atomic E-state index is 11.7. The summed E-state index contributed by atoms with van der Waals surface area (Å²) in [6, 6.07) is 8.63. The van der Waals surface area contributed by atoms with E-state index < -0.39 is 12.0 Å². The number of carbonyl (C=O) groups is 2. The smallest absolute Gasteiger partial charge is 0.326 e. The maximum Gasteiger partial charge on any atom is 0.326 e. The number of amides is 1. The molecule has 0 bridgehead atoms. The van der Waals surface area contributed by atoms with Gasteiger partial charge in [-0.25, -0.2) is 4.79 Å². The summed E-state index contributed by atoms with van der Waals surface area (Å²) in [7, 11) is 0. The Bertz CT molecular complexity index is 477. The Morgan fingerprint density at radius 3 is 2.58 bits per heavy atom. The highest BCUT2D eigenvalue weighted by Crippen LogP contribution is 2.33. The van der Waals surface area contributed by atoms with Crippen molar-refractivity contribution in [2.75, 3.05) is 0 Å². The van der Waals surface area contributed by atoms with Crippen LogP contribution in [0.5, 0.6) is 0 Å². The van der Waals surface area contributed by atoms with Gasteiger partial charge in [0.25, 0.3) is 0 Å². The first-order valence-corrected chi connectivity index (χ1v) is 6.41. The largest absolute Gasteiger partial charge is 0.480 e. The molecule has 1 aromatic carbocycles. The molecule has 4 nitrogen and oxygen atoms in total. The van der Waals surface area contributed by atoms with Crippen LogP contribution in [-0.2, 0) is 9.59 Å². The number of aliphatic carboxylic acids is 1. The molecule has 19 heavy (non-hydrogen) atoms. The number of hydrogen-bond acceptors (Lipinski definition) is 2. The predicted octanol–water partition coefficient (Wildman–Crippen LogP) is 2.07. The minimum absolute atomic E-state index is 0.364. The zero-order valence-electron chi connectivity index (χ0n) is 10.6. The van der Waals surface area contributed by atoms with Crippen molar-refractivity contribution in [3.05, 3.63) is 42.0 Å². The molecule has 100 valence electrons. The Hall–Kier alpha value is -2.10. The quantitative estimate of drug-likeness (QED) is 0.768. The number of rotatable bonds is 6. The Kier molecular flexibility index (Phi) is 4.34. The van der Waals surface area contributed by atoms with Crippen LogP contribution in [0, 0.1) is 5.92 Å². The van der Waals surface area contributed by atoms with Crippen LogP contribution >= 0.6 is 0 Å². The molecule has 4 heteroatoms. The van der Waals surface area contributed by atoms with Crippen molar-refractivity contribution >= 4 is 18.0 Å². The molecule has 1 saturated carbocycles. The molecule has 1 amide bonds. The van der Waals surface area contributed by atoms with E-state index in [0.29, 0.717) is 12.3 Å². The molecular weight excluding hydrogens is 242 g/mol. The maximum absolute atomic E-state index is 11.7. The Balaban J connectivity index is 1.88. The van der Waals surface area contributed by atoms with Crippen molar-refractivity contribution in [2.45, 2.75) is 25.3 Å². The molecule has 0 radical (unpaired) electrons. The Labute approximate surface area is 112 Å². The van der Waals surface area contributed by atoms with E-state index in [2.05, 4.69) is 5.32 Å². The molecule has 0 saturated heterocycles. The van der Waals surface area contributed by atoms with Gasteiger partial charge in [0, 0.05) is 6.08 Å². The van der Waals surface area contributed by atoms with Crippen molar-refractivity contribution in [3.8, 4) is 0 Å². The zero-order valence-corrected chi connectivity index (χ0v) is 10.6. The van der Waals surface area contributed by atoms with Gasteiger partial charge in [0.15, 0.2) is 0 Å². The average Bonchev–Trinajstić information content (AvgIpc) is 3.21. The number of nitrogens with one attached hydrogen (secondary N) is 1. The van der Waals surface area contributed by atoms with Crippen LogP contribution in [0.3, 0.4) is 0 Å². The first kappa shape index (κ1) is 13.3. The summed E-state index contributed by atoms with van der Waals surface area (Å²) in [5.74, 6) is -0.871. The van der Waals surface area contributed by atoms with Crippen LogP contribution in [0.4, 0.5) is 0 Å². The van der Waals surface area contributed by atoms with E-state index in [0.717, 1.165) is 18.4 Å². The number of benzene rings is 1. The summed E-state index contributed by atoms with van der Waals surface area (Å²) in [4.78, 5) is 22.7. The van der Waals surface area contributed by atoms with Crippen LogP contribution in [0.15, 0.2) is 36.4 Å². The highest BCUT2D eigenvalue weighted by atomic mass is 16.4. The monoisotopic (exact) mass is 259 g/mol. The molecule has 0 aliphatic heterocycles. The second kappa shape index (κ2) is 6.18.